The average molecular weight is 288 g/mol. The van der Waals surface area contributed by atoms with Crippen molar-refractivity contribution in [3.05, 3.63) is 29.8 Å². The van der Waals surface area contributed by atoms with E-state index in [4.69, 9.17) is 0 Å². The van der Waals surface area contributed by atoms with Crippen LogP contribution in [0.1, 0.15) is 50.5 Å². The maximum absolute atomic E-state index is 12.7. The van der Waals surface area contributed by atoms with E-state index in [0.717, 1.165) is 43.4 Å². The van der Waals surface area contributed by atoms with Crippen LogP contribution in [0.15, 0.2) is 24.3 Å². The molecule has 1 aliphatic heterocycles. The topological polar surface area (TPSA) is 61.4 Å². The molecule has 1 saturated carbocycles. The molecule has 114 valence electrons. The van der Waals surface area contributed by atoms with Gasteiger partial charge in [0.25, 0.3) is 0 Å². The average Bonchev–Trinajstić information content (AvgIpc) is 2.48. The molecule has 1 fully saturated rings. The lowest BCUT2D eigenvalue weighted by Crippen LogP contribution is -2.43. The summed E-state index contributed by atoms with van der Waals surface area (Å²) in [5, 5.41) is 16.2. The number of nitrogens with one attached hydrogen (secondary N) is 2. The molecule has 4 heteroatoms. The molecule has 0 aromatic heterocycles. The lowest BCUT2D eigenvalue weighted by molar-refractivity contribution is -0.124. The van der Waals surface area contributed by atoms with Crippen molar-refractivity contribution >= 4 is 11.6 Å². The van der Waals surface area contributed by atoms with E-state index < -0.39 is 0 Å². The lowest BCUT2D eigenvalue weighted by Gasteiger charge is -2.33. The van der Waals surface area contributed by atoms with Crippen LogP contribution in [0.4, 0.5) is 5.69 Å². The van der Waals surface area contributed by atoms with Crippen LogP contribution in [-0.2, 0) is 4.79 Å². The summed E-state index contributed by atoms with van der Waals surface area (Å²) >= 11 is 0. The third-order valence-corrected chi connectivity index (χ3v) is 4.69. The molecule has 1 aliphatic carbocycles. The fraction of sp³-hybridized carbons (Fsp3) is 0.588. The van der Waals surface area contributed by atoms with Gasteiger partial charge < -0.3 is 15.7 Å². The maximum atomic E-state index is 12.7. The Balaban J connectivity index is 1.70. The zero-order valence-electron chi connectivity index (χ0n) is 12.5. The number of fused-ring (bicyclic) bond motifs is 1. The van der Waals surface area contributed by atoms with Crippen LogP contribution < -0.4 is 10.6 Å². The Kier molecular flexibility index (Phi) is 4.15. The second-order valence-electron chi connectivity index (χ2n) is 6.43. The summed E-state index contributed by atoms with van der Waals surface area (Å²) in [6.07, 6.45) is 4.01. The van der Waals surface area contributed by atoms with Crippen LogP contribution in [-0.4, -0.2) is 29.2 Å². The molecule has 0 radical (unpaired) electrons. The van der Waals surface area contributed by atoms with Crippen LogP contribution in [0.5, 0.6) is 0 Å². The summed E-state index contributed by atoms with van der Waals surface area (Å²) in [5.74, 6) is 0.0708. The number of rotatable bonds is 2. The van der Waals surface area contributed by atoms with Crippen molar-refractivity contribution in [1.29, 1.82) is 0 Å². The molecule has 0 spiro atoms. The van der Waals surface area contributed by atoms with Crippen molar-refractivity contribution in [3.63, 3.8) is 0 Å². The molecule has 4 nitrogen and oxygen atoms in total. The molecule has 3 N–H and O–H groups in total. The zero-order valence-corrected chi connectivity index (χ0v) is 12.5. The second-order valence-corrected chi connectivity index (χ2v) is 6.43. The molecule has 2 aliphatic rings. The highest BCUT2D eigenvalue weighted by Gasteiger charge is 2.31. The van der Waals surface area contributed by atoms with Gasteiger partial charge in [0.1, 0.15) is 0 Å². The third-order valence-electron chi connectivity index (χ3n) is 4.69. The molecule has 0 bridgehead atoms. The molecule has 1 aromatic rings. The number of aliphatic hydroxyl groups excluding tert-OH is 1. The number of carbonyl (C=O) groups is 1. The Hall–Kier alpha value is -1.55. The first-order valence-electron chi connectivity index (χ1n) is 7.97. The van der Waals surface area contributed by atoms with Crippen LogP contribution >= 0.6 is 0 Å². The van der Waals surface area contributed by atoms with Crippen molar-refractivity contribution in [2.75, 3.05) is 5.32 Å². The van der Waals surface area contributed by atoms with E-state index in [2.05, 4.69) is 17.6 Å². The molecule has 21 heavy (non-hydrogen) atoms. The first kappa shape index (κ1) is 14.4. The van der Waals surface area contributed by atoms with E-state index in [9.17, 15) is 9.90 Å². The van der Waals surface area contributed by atoms with Gasteiger partial charge in [0.15, 0.2) is 0 Å². The van der Waals surface area contributed by atoms with Gasteiger partial charge in [-0.2, -0.15) is 0 Å². The minimum Gasteiger partial charge on any atom is -0.393 e. The van der Waals surface area contributed by atoms with Crippen molar-refractivity contribution < 1.29 is 9.90 Å². The quantitative estimate of drug-likeness (QED) is 0.783. The Morgan fingerprint density at radius 1 is 1.24 bits per heavy atom. The maximum Gasteiger partial charge on any atom is 0.227 e. The highest BCUT2D eigenvalue weighted by molar-refractivity contribution is 5.86. The van der Waals surface area contributed by atoms with Crippen LogP contribution in [0.25, 0.3) is 0 Å². The second kappa shape index (κ2) is 6.06. The minimum atomic E-state index is -0.183. The molecule has 1 heterocycles. The van der Waals surface area contributed by atoms with Gasteiger partial charge in [-0.1, -0.05) is 18.2 Å². The Morgan fingerprint density at radius 3 is 2.71 bits per heavy atom. The third kappa shape index (κ3) is 3.21. The fourth-order valence-electron chi connectivity index (χ4n) is 3.51. The normalized spacial score (nSPS) is 31.9. The Labute approximate surface area is 125 Å². The number of amides is 1. The molecular weight excluding hydrogens is 264 g/mol. The number of hydrogen-bond acceptors (Lipinski definition) is 3. The predicted molar refractivity (Wildman–Crippen MR) is 83.3 cm³/mol. The summed E-state index contributed by atoms with van der Waals surface area (Å²) in [6.45, 7) is 2.12. The van der Waals surface area contributed by atoms with Gasteiger partial charge in [0.2, 0.25) is 5.91 Å². The number of anilines is 1. The van der Waals surface area contributed by atoms with Crippen LogP contribution in [0.3, 0.4) is 0 Å². The molecule has 2 atom stereocenters. The molecular formula is C17H24N2O2. The monoisotopic (exact) mass is 288 g/mol. The van der Waals surface area contributed by atoms with E-state index in [0.29, 0.717) is 6.04 Å². The summed E-state index contributed by atoms with van der Waals surface area (Å²) in [5.41, 5.74) is 2.18. The highest BCUT2D eigenvalue weighted by atomic mass is 16.3. The largest absolute Gasteiger partial charge is 0.393 e. The number of aliphatic hydroxyl groups is 1. The van der Waals surface area contributed by atoms with Crippen molar-refractivity contribution in [2.45, 2.75) is 63.1 Å². The number of carbonyl (C=O) groups excluding carboxylic acids is 1. The van der Waals surface area contributed by atoms with Gasteiger partial charge >= 0.3 is 0 Å². The van der Waals surface area contributed by atoms with Crippen molar-refractivity contribution in [1.82, 2.24) is 5.32 Å². The van der Waals surface area contributed by atoms with Gasteiger partial charge in [-0.3, -0.25) is 4.79 Å². The summed E-state index contributed by atoms with van der Waals surface area (Å²) in [4.78, 5) is 12.7. The summed E-state index contributed by atoms with van der Waals surface area (Å²) in [7, 11) is 0. The first-order valence-corrected chi connectivity index (χ1v) is 7.97. The Morgan fingerprint density at radius 2 is 1.95 bits per heavy atom. The molecule has 1 aromatic carbocycles. The zero-order chi connectivity index (χ0) is 14.8. The van der Waals surface area contributed by atoms with E-state index in [-0.39, 0.29) is 24.0 Å². The lowest BCUT2D eigenvalue weighted by atomic mass is 9.86. The number of benzene rings is 1. The van der Waals surface area contributed by atoms with Crippen LogP contribution in [0.2, 0.25) is 0 Å². The number of hydrogen-bond donors (Lipinski definition) is 3. The van der Waals surface area contributed by atoms with Crippen molar-refractivity contribution in [2.24, 2.45) is 0 Å². The Bertz CT molecular complexity index is 509. The van der Waals surface area contributed by atoms with Gasteiger partial charge in [-0.25, -0.2) is 0 Å². The molecule has 0 saturated heterocycles. The first-order chi connectivity index (χ1) is 10.1. The molecule has 1 amide bonds. The van der Waals surface area contributed by atoms with Gasteiger partial charge in [-0.05, 0) is 50.7 Å². The van der Waals surface area contributed by atoms with Gasteiger partial charge in [0, 0.05) is 17.8 Å². The summed E-state index contributed by atoms with van der Waals surface area (Å²) in [6, 6.07) is 8.61. The van der Waals surface area contributed by atoms with Gasteiger partial charge in [-0.15, -0.1) is 0 Å². The SMILES string of the molecule is CC1CC(C(=O)NC2CCC(O)CC2)c2ccccc2N1. The highest BCUT2D eigenvalue weighted by Crippen LogP contribution is 2.34. The minimum absolute atomic E-state index is 0.0655. The van der Waals surface area contributed by atoms with E-state index in [1.54, 1.807) is 0 Å². The van der Waals surface area contributed by atoms with Crippen LogP contribution in [0, 0.1) is 0 Å². The number of para-hydroxylation sites is 1. The fourth-order valence-corrected chi connectivity index (χ4v) is 3.51. The predicted octanol–water partition coefficient (Wildman–Crippen LogP) is 2.39. The standard InChI is InChI=1S/C17H24N2O2/c1-11-10-15(14-4-2-3-5-16(14)18-11)17(21)19-12-6-8-13(20)9-7-12/h2-5,11-13,15,18,20H,6-10H2,1H3,(H,19,21). The van der Waals surface area contributed by atoms with E-state index in [1.165, 1.54) is 0 Å². The summed E-state index contributed by atoms with van der Waals surface area (Å²) < 4.78 is 0. The van der Waals surface area contributed by atoms with E-state index >= 15 is 0 Å². The smallest absolute Gasteiger partial charge is 0.227 e. The molecule has 2 unspecified atom stereocenters. The van der Waals surface area contributed by atoms with Crippen molar-refractivity contribution in [3.8, 4) is 0 Å². The molecule has 3 rings (SSSR count). The van der Waals surface area contributed by atoms with E-state index in [1.807, 2.05) is 24.3 Å². The van der Waals surface area contributed by atoms with Gasteiger partial charge in [0.05, 0.1) is 12.0 Å².